The van der Waals surface area contributed by atoms with Gasteiger partial charge in [0.2, 0.25) is 23.2 Å². The third kappa shape index (κ3) is 13.0. The molecule has 0 aliphatic carbocycles. The topological polar surface area (TPSA) is 95.1 Å². The Bertz CT molecular complexity index is 424. The molecule has 0 rings (SSSR count). The monoisotopic (exact) mass is 458 g/mol. The van der Waals surface area contributed by atoms with Crippen LogP contribution in [0.5, 0.6) is 0 Å². The lowest BCUT2D eigenvalue weighted by atomic mass is 10.7. The van der Waals surface area contributed by atoms with Crippen molar-refractivity contribution >= 4 is 69.6 Å². The molecule has 2 amide bonds. The van der Waals surface area contributed by atoms with Gasteiger partial charge >= 0.3 is 0 Å². The zero-order chi connectivity index (χ0) is 19.2. The minimum absolute atomic E-state index is 0.0803. The van der Waals surface area contributed by atoms with Crippen molar-refractivity contribution in [3.05, 3.63) is 0 Å². The van der Waals surface area contributed by atoms with Gasteiger partial charge in [-0.15, -0.1) is 0 Å². The van der Waals surface area contributed by atoms with Crippen LogP contribution in [-0.4, -0.2) is 65.9 Å². The van der Waals surface area contributed by atoms with Crippen molar-refractivity contribution in [2.75, 3.05) is 54.0 Å². The second kappa shape index (κ2) is 14.9. The molecule has 2 N–H and O–H groups in total. The number of carbonyl (C=O) groups is 2. The molecule has 0 aromatic carbocycles. The molecule has 0 saturated carbocycles. The zero-order valence-electron chi connectivity index (χ0n) is 14.4. The minimum atomic E-state index is -2.26. The SMILES string of the molecule is CNC(=O)CSP(=S)(OC)OC.CNC(=O)CSP(=S)(OC)OC. The van der Waals surface area contributed by atoms with Gasteiger partial charge < -0.3 is 28.7 Å². The average molecular weight is 459 g/mol. The summed E-state index contributed by atoms with van der Waals surface area (Å²) in [4.78, 5) is 21.6. The van der Waals surface area contributed by atoms with Gasteiger partial charge in [0.1, 0.15) is 0 Å². The van der Waals surface area contributed by atoms with Crippen molar-refractivity contribution in [3.8, 4) is 0 Å². The molecule has 144 valence electrons. The third-order valence-electron chi connectivity index (χ3n) is 2.16. The Morgan fingerprint density at radius 1 is 0.792 bits per heavy atom. The highest BCUT2D eigenvalue weighted by atomic mass is 32.9. The van der Waals surface area contributed by atoms with Crippen LogP contribution in [0.1, 0.15) is 0 Å². The molecule has 0 atom stereocenters. The van der Waals surface area contributed by atoms with Crippen LogP contribution < -0.4 is 10.6 Å². The maximum absolute atomic E-state index is 10.8. The smallest absolute Gasteiger partial charge is 0.247 e. The maximum Gasteiger partial charge on any atom is 0.247 e. The third-order valence-corrected chi connectivity index (χ3v) is 13.5. The summed E-state index contributed by atoms with van der Waals surface area (Å²) in [5.74, 6) is 0.386. The number of hydrogen-bond acceptors (Lipinski definition) is 10. The Labute approximate surface area is 161 Å². The molecular formula is C10H24N2O6P2S4. The Kier molecular flexibility index (Phi) is 16.8. The number of amides is 2. The Hall–Kier alpha value is 0.780. The lowest BCUT2D eigenvalue weighted by Crippen LogP contribution is -2.19. The summed E-state index contributed by atoms with van der Waals surface area (Å²) in [6.45, 7) is 0. The maximum atomic E-state index is 10.8. The van der Waals surface area contributed by atoms with Crippen LogP contribution in [0.4, 0.5) is 0 Å². The summed E-state index contributed by atoms with van der Waals surface area (Å²) in [6, 6.07) is 0. The molecule has 0 saturated heterocycles. The molecule has 0 heterocycles. The van der Waals surface area contributed by atoms with E-state index in [2.05, 4.69) is 10.6 Å². The molecular weight excluding hydrogens is 434 g/mol. The van der Waals surface area contributed by atoms with E-state index in [0.29, 0.717) is 0 Å². The molecule has 0 aliphatic rings. The van der Waals surface area contributed by atoms with Crippen molar-refractivity contribution in [1.82, 2.24) is 10.6 Å². The first-order valence-corrected chi connectivity index (χ1v) is 14.7. The van der Waals surface area contributed by atoms with Crippen LogP contribution in [0, 0.1) is 0 Å². The highest BCUT2D eigenvalue weighted by Gasteiger charge is 2.18. The quantitative estimate of drug-likeness (QED) is 0.473. The van der Waals surface area contributed by atoms with E-state index >= 15 is 0 Å². The van der Waals surface area contributed by atoms with E-state index in [1.165, 1.54) is 51.2 Å². The first kappa shape index (κ1) is 27.0. The minimum Gasteiger partial charge on any atom is -0.358 e. The predicted molar refractivity (Wildman–Crippen MR) is 110 cm³/mol. The summed E-state index contributed by atoms with van der Waals surface area (Å²) in [6.07, 6.45) is 0. The van der Waals surface area contributed by atoms with E-state index in [1.807, 2.05) is 0 Å². The van der Waals surface area contributed by atoms with Gasteiger partial charge in [0.05, 0.1) is 11.5 Å². The van der Waals surface area contributed by atoms with Gasteiger partial charge in [-0.1, -0.05) is 22.8 Å². The Morgan fingerprint density at radius 3 is 1.21 bits per heavy atom. The molecule has 0 spiro atoms. The van der Waals surface area contributed by atoms with Crippen LogP contribution in [-0.2, 0) is 51.3 Å². The van der Waals surface area contributed by atoms with Crippen molar-refractivity contribution in [2.24, 2.45) is 0 Å². The van der Waals surface area contributed by atoms with Gasteiger partial charge in [0.15, 0.2) is 0 Å². The van der Waals surface area contributed by atoms with Crippen molar-refractivity contribution in [1.29, 1.82) is 0 Å². The normalized spacial score (nSPS) is 11.2. The van der Waals surface area contributed by atoms with Crippen molar-refractivity contribution in [3.63, 3.8) is 0 Å². The van der Waals surface area contributed by atoms with E-state index in [1.54, 1.807) is 14.1 Å². The summed E-state index contributed by atoms with van der Waals surface area (Å²) in [5.41, 5.74) is -4.52. The van der Waals surface area contributed by atoms with Crippen LogP contribution in [0.3, 0.4) is 0 Å². The Morgan fingerprint density at radius 2 is 1.04 bits per heavy atom. The highest BCUT2D eigenvalue weighted by molar-refractivity contribution is 8.68. The summed E-state index contributed by atoms with van der Waals surface area (Å²) < 4.78 is 19.9. The molecule has 0 radical (unpaired) electrons. The Balaban J connectivity index is 0. The second-order valence-corrected chi connectivity index (χ2v) is 16.6. The molecule has 0 unspecified atom stereocenters. The van der Waals surface area contributed by atoms with Gasteiger partial charge in [-0.05, 0) is 23.6 Å². The fraction of sp³-hybridized carbons (Fsp3) is 0.800. The van der Waals surface area contributed by atoms with Crippen LogP contribution in [0.25, 0.3) is 0 Å². The van der Waals surface area contributed by atoms with Crippen molar-refractivity contribution in [2.45, 2.75) is 0 Å². The molecule has 0 bridgehead atoms. The lowest BCUT2D eigenvalue weighted by molar-refractivity contribution is -0.118. The van der Waals surface area contributed by atoms with E-state index in [4.69, 9.17) is 41.7 Å². The summed E-state index contributed by atoms with van der Waals surface area (Å²) in [7, 11) is 9.10. The zero-order valence-corrected chi connectivity index (χ0v) is 19.4. The highest BCUT2D eigenvalue weighted by Crippen LogP contribution is 2.60. The number of hydrogen-bond donors (Lipinski definition) is 2. The van der Waals surface area contributed by atoms with Crippen LogP contribution in [0.15, 0.2) is 0 Å². The number of nitrogens with one attached hydrogen (secondary N) is 2. The molecule has 0 aromatic rings. The first-order chi connectivity index (χ1) is 11.2. The first-order valence-electron chi connectivity index (χ1n) is 6.29. The largest absolute Gasteiger partial charge is 0.358 e. The summed E-state index contributed by atoms with van der Waals surface area (Å²) in [5, 5.41) is 4.97. The van der Waals surface area contributed by atoms with Gasteiger partial charge in [-0.2, -0.15) is 0 Å². The van der Waals surface area contributed by atoms with E-state index < -0.39 is 11.4 Å². The molecule has 0 aliphatic heterocycles. The fourth-order valence-electron chi connectivity index (χ4n) is 0.780. The molecule has 0 aromatic heterocycles. The molecule has 0 fully saturated rings. The number of carbonyl (C=O) groups excluding carboxylic acids is 2. The number of rotatable bonds is 10. The lowest BCUT2D eigenvalue weighted by Gasteiger charge is -2.15. The molecule has 24 heavy (non-hydrogen) atoms. The van der Waals surface area contributed by atoms with Gasteiger partial charge in [-0.25, -0.2) is 0 Å². The van der Waals surface area contributed by atoms with Gasteiger partial charge in [-0.3, -0.25) is 9.59 Å². The fourth-order valence-corrected chi connectivity index (χ4v) is 6.20. The van der Waals surface area contributed by atoms with Crippen LogP contribution in [0.2, 0.25) is 0 Å². The van der Waals surface area contributed by atoms with E-state index in [-0.39, 0.29) is 23.3 Å². The van der Waals surface area contributed by atoms with Crippen LogP contribution >= 0.6 is 34.2 Å². The van der Waals surface area contributed by atoms with Crippen molar-refractivity contribution < 1.29 is 27.7 Å². The van der Waals surface area contributed by atoms with Gasteiger partial charge in [0.25, 0.3) is 0 Å². The molecule has 14 heteroatoms. The second-order valence-electron chi connectivity index (χ2n) is 3.52. The predicted octanol–water partition coefficient (Wildman–Crippen LogP) is 1.97. The van der Waals surface area contributed by atoms with E-state index in [9.17, 15) is 9.59 Å². The van der Waals surface area contributed by atoms with Gasteiger partial charge in [0, 0.05) is 42.5 Å². The summed E-state index contributed by atoms with van der Waals surface area (Å²) >= 11 is 12.5. The molecule has 8 nitrogen and oxygen atoms in total. The standard InChI is InChI=1S/2C5H12NO3PS2/c2*1-6-5(7)4-12-10(11,8-2)9-3/h2*4H2,1-3H3,(H,6,7). The van der Waals surface area contributed by atoms with E-state index in [0.717, 1.165) is 0 Å². The average Bonchev–Trinajstić information content (AvgIpc) is 2.63.